The van der Waals surface area contributed by atoms with Gasteiger partial charge in [-0.05, 0) is 56.5 Å². The Labute approximate surface area is 103 Å². The second-order valence-electron chi connectivity index (χ2n) is 5.24. The lowest BCUT2D eigenvalue weighted by Crippen LogP contribution is -2.23. The molecule has 2 heteroatoms. The highest BCUT2D eigenvalue weighted by Gasteiger charge is 2.14. The maximum atomic E-state index is 3.56. The highest BCUT2D eigenvalue weighted by molar-refractivity contribution is 5.82. The van der Waals surface area contributed by atoms with E-state index < -0.39 is 0 Å². The average Bonchev–Trinajstić information content (AvgIpc) is 2.89. The van der Waals surface area contributed by atoms with E-state index in [1.165, 1.54) is 48.0 Å². The molecule has 1 saturated heterocycles. The zero-order valence-electron chi connectivity index (χ0n) is 10.7. The Bertz CT molecular complexity index is 533. The first kappa shape index (κ1) is 10.8. The first-order valence-electron chi connectivity index (χ1n) is 6.52. The molecule has 0 radical (unpaired) electrons. The molecule has 0 bridgehead atoms. The van der Waals surface area contributed by atoms with Gasteiger partial charge in [0.1, 0.15) is 0 Å². The van der Waals surface area contributed by atoms with Crippen molar-refractivity contribution in [3.05, 3.63) is 35.5 Å². The number of aromatic nitrogens is 1. The van der Waals surface area contributed by atoms with Crippen LogP contribution in [0.15, 0.2) is 24.3 Å². The third kappa shape index (κ3) is 1.98. The van der Waals surface area contributed by atoms with E-state index in [0.29, 0.717) is 6.04 Å². The Morgan fingerprint density at radius 2 is 2.24 bits per heavy atom. The molecule has 0 amide bonds. The van der Waals surface area contributed by atoms with E-state index in [2.05, 4.69) is 48.1 Å². The van der Waals surface area contributed by atoms with Crippen molar-refractivity contribution < 1.29 is 0 Å². The third-order valence-electron chi connectivity index (χ3n) is 3.99. The van der Waals surface area contributed by atoms with Crippen LogP contribution in [0.25, 0.3) is 10.9 Å². The number of aryl methyl sites for hydroxylation is 2. The number of nitrogens with one attached hydrogen (secondary N) is 1. The fraction of sp³-hybridized carbons (Fsp3) is 0.467. The number of fused-ring (bicyclic) bond motifs is 1. The number of hydrogen-bond acceptors (Lipinski definition) is 1. The molecule has 1 aliphatic rings. The molecule has 2 aromatic rings. The van der Waals surface area contributed by atoms with Gasteiger partial charge in [0.15, 0.2) is 0 Å². The minimum absolute atomic E-state index is 0.692. The quantitative estimate of drug-likeness (QED) is 0.836. The topological polar surface area (TPSA) is 17.0 Å². The predicted molar refractivity (Wildman–Crippen MR) is 72.4 cm³/mol. The maximum Gasteiger partial charge on any atom is 0.0479 e. The molecule has 1 aliphatic heterocycles. The molecule has 2 nitrogen and oxygen atoms in total. The van der Waals surface area contributed by atoms with Crippen LogP contribution in [0.1, 0.15) is 24.1 Å². The second kappa shape index (κ2) is 4.19. The summed E-state index contributed by atoms with van der Waals surface area (Å²) in [6.45, 7) is 3.36. The van der Waals surface area contributed by atoms with Crippen LogP contribution in [0, 0.1) is 6.92 Å². The van der Waals surface area contributed by atoms with Gasteiger partial charge in [0, 0.05) is 29.7 Å². The van der Waals surface area contributed by atoms with Crippen LogP contribution in [-0.2, 0) is 13.5 Å². The summed E-state index contributed by atoms with van der Waals surface area (Å²) in [4.78, 5) is 0. The van der Waals surface area contributed by atoms with Gasteiger partial charge in [-0.1, -0.05) is 6.07 Å². The summed E-state index contributed by atoms with van der Waals surface area (Å²) in [5.74, 6) is 0. The summed E-state index contributed by atoms with van der Waals surface area (Å²) in [6.07, 6.45) is 3.83. The Hall–Kier alpha value is -1.28. The van der Waals surface area contributed by atoms with Crippen LogP contribution in [0.2, 0.25) is 0 Å². The third-order valence-corrected chi connectivity index (χ3v) is 3.99. The number of hydrogen-bond donors (Lipinski definition) is 1. The Kier molecular flexibility index (Phi) is 2.67. The van der Waals surface area contributed by atoms with Crippen molar-refractivity contribution in [2.24, 2.45) is 7.05 Å². The molecule has 17 heavy (non-hydrogen) atoms. The van der Waals surface area contributed by atoms with E-state index >= 15 is 0 Å². The van der Waals surface area contributed by atoms with Crippen molar-refractivity contribution >= 4 is 10.9 Å². The van der Waals surface area contributed by atoms with E-state index in [0.717, 1.165) is 0 Å². The molecular weight excluding hydrogens is 208 g/mol. The second-order valence-corrected chi connectivity index (χ2v) is 5.24. The zero-order valence-corrected chi connectivity index (χ0v) is 10.7. The zero-order chi connectivity index (χ0) is 11.8. The van der Waals surface area contributed by atoms with Crippen molar-refractivity contribution in [2.45, 2.75) is 32.2 Å². The lowest BCUT2D eigenvalue weighted by atomic mass is 10.0. The van der Waals surface area contributed by atoms with E-state index in [9.17, 15) is 0 Å². The van der Waals surface area contributed by atoms with Crippen LogP contribution in [0.4, 0.5) is 0 Å². The molecule has 1 aromatic heterocycles. The molecule has 1 aromatic carbocycles. The fourth-order valence-corrected chi connectivity index (χ4v) is 2.88. The van der Waals surface area contributed by atoms with Crippen LogP contribution >= 0.6 is 0 Å². The largest absolute Gasteiger partial charge is 0.348 e. The van der Waals surface area contributed by atoms with Crippen LogP contribution < -0.4 is 5.32 Å². The van der Waals surface area contributed by atoms with Crippen molar-refractivity contribution in [1.82, 2.24) is 9.88 Å². The smallest absolute Gasteiger partial charge is 0.0479 e. The van der Waals surface area contributed by atoms with E-state index in [4.69, 9.17) is 0 Å². The molecule has 1 unspecified atom stereocenters. The first-order valence-corrected chi connectivity index (χ1v) is 6.52. The van der Waals surface area contributed by atoms with Crippen molar-refractivity contribution in [3.63, 3.8) is 0 Å². The number of rotatable bonds is 2. The van der Waals surface area contributed by atoms with Gasteiger partial charge in [0.2, 0.25) is 0 Å². The van der Waals surface area contributed by atoms with Gasteiger partial charge in [-0.15, -0.1) is 0 Å². The van der Waals surface area contributed by atoms with Gasteiger partial charge < -0.3 is 9.88 Å². The van der Waals surface area contributed by atoms with E-state index in [1.54, 1.807) is 0 Å². The normalized spacial score (nSPS) is 20.2. The molecule has 1 atom stereocenters. The van der Waals surface area contributed by atoms with Crippen LogP contribution in [0.5, 0.6) is 0 Å². The van der Waals surface area contributed by atoms with Crippen molar-refractivity contribution in [1.29, 1.82) is 0 Å². The van der Waals surface area contributed by atoms with Crippen molar-refractivity contribution in [2.75, 3.05) is 6.54 Å². The molecule has 0 saturated carbocycles. The lowest BCUT2D eigenvalue weighted by Gasteiger charge is -2.10. The first-order chi connectivity index (χ1) is 8.24. The highest BCUT2D eigenvalue weighted by Crippen LogP contribution is 2.21. The minimum atomic E-state index is 0.692. The van der Waals surface area contributed by atoms with Gasteiger partial charge in [0.25, 0.3) is 0 Å². The SMILES string of the molecule is Cc1cc2cc(CC3CCCN3)ccc2n1C. The molecule has 90 valence electrons. The van der Waals surface area contributed by atoms with E-state index in [1.807, 2.05) is 0 Å². The predicted octanol–water partition coefficient (Wildman–Crippen LogP) is 2.78. The summed E-state index contributed by atoms with van der Waals surface area (Å²) in [5, 5.41) is 4.94. The Balaban J connectivity index is 1.90. The van der Waals surface area contributed by atoms with Gasteiger partial charge in [-0.3, -0.25) is 0 Å². The number of nitrogens with zero attached hydrogens (tertiary/aromatic N) is 1. The summed E-state index contributed by atoms with van der Waals surface area (Å²) < 4.78 is 2.26. The summed E-state index contributed by atoms with van der Waals surface area (Å²) >= 11 is 0. The highest BCUT2D eigenvalue weighted by atomic mass is 14.9. The maximum absolute atomic E-state index is 3.56. The van der Waals surface area contributed by atoms with Crippen LogP contribution in [0.3, 0.4) is 0 Å². The lowest BCUT2D eigenvalue weighted by molar-refractivity contribution is 0.603. The fourth-order valence-electron chi connectivity index (χ4n) is 2.88. The molecule has 1 N–H and O–H groups in total. The standard InChI is InChI=1S/C15H20N2/c1-11-8-13-9-12(5-6-15(13)17(11)2)10-14-4-3-7-16-14/h5-6,8-9,14,16H,3-4,7,10H2,1-2H3. The van der Waals surface area contributed by atoms with Gasteiger partial charge in [0.05, 0.1) is 0 Å². The molecular formula is C15H20N2. The van der Waals surface area contributed by atoms with Gasteiger partial charge in [-0.2, -0.15) is 0 Å². The summed E-state index contributed by atoms with van der Waals surface area (Å²) in [7, 11) is 2.13. The Morgan fingerprint density at radius 1 is 1.35 bits per heavy atom. The summed E-state index contributed by atoms with van der Waals surface area (Å²) in [5.41, 5.74) is 4.13. The molecule has 2 heterocycles. The molecule has 0 spiro atoms. The molecule has 0 aliphatic carbocycles. The Morgan fingerprint density at radius 3 is 3.00 bits per heavy atom. The molecule has 1 fully saturated rings. The van der Waals surface area contributed by atoms with Gasteiger partial charge >= 0.3 is 0 Å². The molecule has 3 rings (SSSR count). The van der Waals surface area contributed by atoms with Gasteiger partial charge in [-0.25, -0.2) is 0 Å². The van der Waals surface area contributed by atoms with E-state index in [-0.39, 0.29) is 0 Å². The van der Waals surface area contributed by atoms with Crippen molar-refractivity contribution in [3.8, 4) is 0 Å². The number of benzene rings is 1. The monoisotopic (exact) mass is 228 g/mol. The summed E-state index contributed by atoms with van der Waals surface area (Å²) in [6, 6.07) is 9.86. The van der Waals surface area contributed by atoms with Crippen LogP contribution in [-0.4, -0.2) is 17.2 Å². The minimum Gasteiger partial charge on any atom is -0.348 e. The average molecular weight is 228 g/mol.